The van der Waals surface area contributed by atoms with Crippen molar-refractivity contribution in [2.24, 2.45) is 5.92 Å². The Kier molecular flexibility index (Phi) is 21.6. The van der Waals surface area contributed by atoms with E-state index in [1.54, 1.807) is 7.11 Å². The summed E-state index contributed by atoms with van der Waals surface area (Å²) in [5, 5.41) is 0. The van der Waals surface area contributed by atoms with E-state index in [1.807, 2.05) is 0 Å². The fraction of sp³-hybridized carbons (Fsp3) is 1.00. The van der Waals surface area contributed by atoms with Crippen molar-refractivity contribution in [3.63, 3.8) is 0 Å². The number of rotatable bonds is 21. The summed E-state index contributed by atoms with van der Waals surface area (Å²) < 4.78 is 32.0. The van der Waals surface area contributed by atoms with E-state index < -0.39 is 0 Å². The van der Waals surface area contributed by atoms with Gasteiger partial charge in [0.15, 0.2) is 0 Å². The number of ether oxygens (including phenoxy) is 6. The van der Waals surface area contributed by atoms with Crippen molar-refractivity contribution < 1.29 is 28.4 Å². The number of hydrogen-bond donors (Lipinski definition) is 0. The summed E-state index contributed by atoms with van der Waals surface area (Å²) >= 11 is 0. The molecule has 0 aromatic heterocycles. The summed E-state index contributed by atoms with van der Waals surface area (Å²) in [5.41, 5.74) is 0. The normalized spacial score (nSPS) is 12.6. The van der Waals surface area contributed by atoms with Crippen molar-refractivity contribution in [3.05, 3.63) is 0 Å². The monoisotopic (exact) mass is 364 g/mol. The molecule has 152 valence electrons. The van der Waals surface area contributed by atoms with Crippen LogP contribution in [0.5, 0.6) is 0 Å². The van der Waals surface area contributed by atoms with Crippen LogP contribution >= 0.6 is 0 Å². The third kappa shape index (κ3) is 21.7. The Morgan fingerprint density at radius 1 is 0.560 bits per heavy atom. The zero-order valence-corrected chi connectivity index (χ0v) is 16.6. The SMILES string of the molecule is CCCC(C)CCCOCCOCCOCCOCCOCCOC. The molecule has 0 spiro atoms. The van der Waals surface area contributed by atoms with Crippen molar-refractivity contribution in [2.75, 3.05) is 79.8 Å². The Morgan fingerprint density at radius 3 is 1.36 bits per heavy atom. The lowest BCUT2D eigenvalue weighted by molar-refractivity contribution is -0.0149. The van der Waals surface area contributed by atoms with Gasteiger partial charge in [0.1, 0.15) is 0 Å². The highest BCUT2D eigenvalue weighted by molar-refractivity contribution is 4.51. The van der Waals surface area contributed by atoms with E-state index in [9.17, 15) is 0 Å². The largest absolute Gasteiger partial charge is 0.382 e. The first-order valence-electron chi connectivity index (χ1n) is 9.68. The minimum Gasteiger partial charge on any atom is -0.382 e. The second-order valence-corrected chi connectivity index (χ2v) is 6.09. The second-order valence-electron chi connectivity index (χ2n) is 6.09. The lowest BCUT2D eigenvalue weighted by atomic mass is 10.0. The highest BCUT2D eigenvalue weighted by atomic mass is 16.6. The predicted octanol–water partition coefficient (Wildman–Crippen LogP) is 2.93. The van der Waals surface area contributed by atoms with E-state index in [0.717, 1.165) is 18.9 Å². The van der Waals surface area contributed by atoms with Crippen LogP contribution in [0.15, 0.2) is 0 Å². The standard InChI is InChI=1S/C19H40O6/c1-4-6-19(2)7-5-8-21-11-12-23-15-16-25-18-17-24-14-13-22-10-9-20-3/h19H,4-18H2,1-3H3. The van der Waals surface area contributed by atoms with Crippen molar-refractivity contribution in [1.82, 2.24) is 0 Å². The lowest BCUT2D eigenvalue weighted by Gasteiger charge is -2.10. The van der Waals surface area contributed by atoms with E-state index in [-0.39, 0.29) is 0 Å². The Bertz CT molecular complexity index is 240. The van der Waals surface area contributed by atoms with E-state index in [4.69, 9.17) is 28.4 Å². The van der Waals surface area contributed by atoms with Crippen LogP contribution < -0.4 is 0 Å². The maximum absolute atomic E-state index is 5.56. The molecule has 6 heteroatoms. The molecule has 0 aromatic rings. The van der Waals surface area contributed by atoms with Gasteiger partial charge in [-0.25, -0.2) is 0 Å². The van der Waals surface area contributed by atoms with Crippen LogP contribution in [0.25, 0.3) is 0 Å². The molecule has 0 bridgehead atoms. The lowest BCUT2D eigenvalue weighted by Crippen LogP contribution is -2.14. The van der Waals surface area contributed by atoms with Crippen molar-refractivity contribution >= 4 is 0 Å². The third-order valence-corrected chi connectivity index (χ3v) is 3.69. The molecule has 1 unspecified atom stereocenters. The topological polar surface area (TPSA) is 55.4 Å². The quantitative estimate of drug-likeness (QED) is 0.292. The molecular weight excluding hydrogens is 324 g/mol. The minimum atomic E-state index is 0.577. The van der Waals surface area contributed by atoms with E-state index in [2.05, 4.69) is 13.8 Å². The van der Waals surface area contributed by atoms with Gasteiger partial charge in [0.25, 0.3) is 0 Å². The second kappa shape index (κ2) is 21.8. The molecule has 0 saturated carbocycles. The van der Waals surface area contributed by atoms with Crippen LogP contribution in [0.4, 0.5) is 0 Å². The molecule has 0 aliphatic carbocycles. The van der Waals surface area contributed by atoms with E-state index in [0.29, 0.717) is 66.1 Å². The summed E-state index contributed by atoms with van der Waals surface area (Å²) in [4.78, 5) is 0. The molecule has 0 saturated heterocycles. The van der Waals surface area contributed by atoms with E-state index >= 15 is 0 Å². The molecule has 0 aliphatic heterocycles. The Labute approximate surface area is 154 Å². The first kappa shape index (κ1) is 24.8. The van der Waals surface area contributed by atoms with E-state index in [1.165, 1.54) is 19.3 Å². The summed E-state index contributed by atoms with van der Waals surface area (Å²) in [6, 6.07) is 0. The Balaban J connectivity index is 3.00. The number of hydrogen-bond acceptors (Lipinski definition) is 6. The van der Waals surface area contributed by atoms with Crippen LogP contribution in [0, 0.1) is 5.92 Å². The molecule has 0 radical (unpaired) electrons. The molecule has 0 aliphatic rings. The molecule has 0 amide bonds. The molecule has 0 N–H and O–H groups in total. The van der Waals surface area contributed by atoms with Gasteiger partial charge in [-0.05, 0) is 18.8 Å². The molecular formula is C19H40O6. The Hall–Kier alpha value is -0.240. The molecule has 0 aromatic carbocycles. The fourth-order valence-corrected chi connectivity index (χ4v) is 2.29. The van der Waals surface area contributed by atoms with Crippen LogP contribution in [-0.4, -0.2) is 79.8 Å². The molecule has 6 nitrogen and oxygen atoms in total. The fourth-order valence-electron chi connectivity index (χ4n) is 2.29. The summed E-state index contributed by atoms with van der Waals surface area (Å²) in [5.74, 6) is 0.814. The van der Waals surface area contributed by atoms with Gasteiger partial charge in [-0.3, -0.25) is 0 Å². The van der Waals surface area contributed by atoms with Gasteiger partial charge in [0, 0.05) is 13.7 Å². The average molecular weight is 365 g/mol. The van der Waals surface area contributed by atoms with Crippen molar-refractivity contribution in [2.45, 2.75) is 39.5 Å². The predicted molar refractivity (Wildman–Crippen MR) is 99.3 cm³/mol. The van der Waals surface area contributed by atoms with Crippen molar-refractivity contribution in [1.29, 1.82) is 0 Å². The summed E-state index contributed by atoms with van der Waals surface area (Å²) in [6.07, 6.45) is 4.98. The average Bonchev–Trinajstić information content (AvgIpc) is 2.61. The van der Waals surface area contributed by atoms with Crippen molar-refractivity contribution in [3.8, 4) is 0 Å². The van der Waals surface area contributed by atoms with Gasteiger partial charge >= 0.3 is 0 Å². The molecule has 0 fully saturated rings. The van der Waals surface area contributed by atoms with Crippen LogP contribution in [-0.2, 0) is 28.4 Å². The Morgan fingerprint density at radius 2 is 0.960 bits per heavy atom. The highest BCUT2D eigenvalue weighted by Gasteiger charge is 2.00. The molecule has 0 rings (SSSR count). The third-order valence-electron chi connectivity index (χ3n) is 3.69. The minimum absolute atomic E-state index is 0.577. The van der Waals surface area contributed by atoms with Gasteiger partial charge in [-0.2, -0.15) is 0 Å². The summed E-state index contributed by atoms with van der Waals surface area (Å²) in [7, 11) is 1.66. The first-order valence-corrected chi connectivity index (χ1v) is 9.68. The van der Waals surface area contributed by atoms with Gasteiger partial charge in [-0.1, -0.05) is 26.7 Å². The molecule has 1 atom stereocenters. The molecule has 0 heterocycles. The highest BCUT2D eigenvalue weighted by Crippen LogP contribution is 2.11. The van der Waals surface area contributed by atoms with Gasteiger partial charge in [0.2, 0.25) is 0 Å². The maximum atomic E-state index is 5.56. The smallest absolute Gasteiger partial charge is 0.0701 e. The maximum Gasteiger partial charge on any atom is 0.0701 e. The van der Waals surface area contributed by atoms with Crippen LogP contribution in [0.3, 0.4) is 0 Å². The van der Waals surface area contributed by atoms with Crippen LogP contribution in [0.1, 0.15) is 39.5 Å². The zero-order valence-electron chi connectivity index (χ0n) is 16.6. The van der Waals surface area contributed by atoms with Crippen LogP contribution in [0.2, 0.25) is 0 Å². The zero-order chi connectivity index (χ0) is 18.4. The van der Waals surface area contributed by atoms with Gasteiger partial charge in [-0.15, -0.1) is 0 Å². The first-order chi connectivity index (χ1) is 12.3. The number of methoxy groups -OCH3 is 1. The van der Waals surface area contributed by atoms with Gasteiger partial charge in [0.05, 0.1) is 66.1 Å². The summed E-state index contributed by atoms with van der Waals surface area (Å²) in [6.45, 7) is 11.4. The molecule has 25 heavy (non-hydrogen) atoms. The van der Waals surface area contributed by atoms with Gasteiger partial charge < -0.3 is 28.4 Å².